The molecule has 0 aliphatic rings. The summed E-state index contributed by atoms with van der Waals surface area (Å²) >= 11 is 0. The number of para-hydroxylation sites is 1. The van der Waals surface area contributed by atoms with E-state index < -0.39 is 17.7 Å². The molecule has 1 aromatic heterocycles. The Bertz CT molecular complexity index is 1010. The summed E-state index contributed by atoms with van der Waals surface area (Å²) in [6, 6.07) is 11.2. The summed E-state index contributed by atoms with van der Waals surface area (Å²) in [5.41, 5.74) is 2.72. The summed E-state index contributed by atoms with van der Waals surface area (Å²) < 4.78 is 39.9. The molecule has 2 aromatic carbocycles. The molecule has 3 aromatic rings. The predicted octanol–water partition coefficient (Wildman–Crippen LogP) is 6.19. The van der Waals surface area contributed by atoms with Crippen LogP contribution in [-0.2, 0) is 17.4 Å². The van der Waals surface area contributed by atoms with E-state index in [2.05, 4.69) is 17.2 Å². The predicted molar refractivity (Wildman–Crippen MR) is 113 cm³/mol. The number of H-pyrrole nitrogens is 1. The van der Waals surface area contributed by atoms with Gasteiger partial charge >= 0.3 is 6.18 Å². The minimum atomic E-state index is -4.43. The minimum Gasteiger partial charge on any atom is -0.361 e. The molecule has 0 aliphatic heterocycles. The molecule has 1 amide bonds. The molecule has 0 bridgehead atoms. The highest BCUT2D eigenvalue weighted by molar-refractivity contribution is 5.88. The number of benzene rings is 2. The summed E-state index contributed by atoms with van der Waals surface area (Å²) in [6.07, 6.45) is 0.150. The highest BCUT2D eigenvalue weighted by Gasteiger charge is 2.32. The Kier molecular flexibility index (Phi) is 6.85. The Hall–Kier alpha value is -2.76. The average molecular weight is 416 g/mol. The third kappa shape index (κ3) is 4.86. The van der Waals surface area contributed by atoms with Crippen LogP contribution in [0.25, 0.3) is 10.9 Å². The first-order chi connectivity index (χ1) is 14.3. The van der Waals surface area contributed by atoms with Crippen LogP contribution in [0.4, 0.5) is 13.2 Å². The number of nitrogens with one attached hydrogen (secondary N) is 2. The zero-order chi connectivity index (χ0) is 21.7. The fraction of sp³-hybridized carbons (Fsp3) is 0.375. The van der Waals surface area contributed by atoms with Crippen LogP contribution < -0.4 is 5.32 Å². The van der Waals surface area contributed by atoms with Crippen molar-refractivity contribution in [2.75, 3.05) is 6.54 Å². The van der Waals surface area contributed by atoms with E-state index in [0.717, 1.165) is 53.4 Å². The molecule has 6 heteroatoms. The molecule has 30 heavy (non-hydrogen) atoms. The van der Waals surface area contributed by atoms with Crippen LogP contribution in [0.5, 0.6) is 0 Å². The maximum Gasteiger partial charge on any atom is 0.416 e. The molecule has 3 nitrogen and oxygen atoms in total. The molecule has 1 unspecified atom stereocenters. The number of rotatable bonds is 8. The van der Waals surface area contributed by atoms with Crippen molar-refractivity contribution < 1.29 is 18.0 Å². The molecule has 160 valence electrons. The summed E-state index contributed by atoms with van der Waals surface area (Å²) in [7, 11) is 0. The Morgan fingerprint density at radius 2 is 1.90 bits per heavy atom. The van der Waals surface area contributed by atoms with Crippen LogP contribution in [0.15, 0.2) is 48.7 Å². The van der Waals surface area contributed by atoms with Crippen molar-refractivity contribution in [1.82, 2.24) is 10.3 Å². The molecule has 1 atom stereocenters. The van der Waals surface area contributed by atoms with E-state index >= 15 is 0 Å². The third-order valence-electron chi connectivity index (χ3n) is 5.45. The van der Waals surface area contributed by atoms with Gasteiger partial charge in [-0.1, -0.05) is 56.7 Å². The summed E-state index contributed by atoms with van der Waals surface area (Å²) in [6.45, 7) is 4.66. The number of halogens is 3. The highest BCUT2D eigenvalue weighted by Crippen LogP contribution is 2.37. The van der Waals surface area contributed by atoms with E-state index in [1.54, 1.807) is 6.07 Å². The monoisotopic (exact) mass is 416 g/mol. The van der Waals surface area contributed by atoms with Gasteiger partial charge in [-0.15, -0.1) is 0 Å². The second kappa shape index (κ2) is 9.37. The van der Waals surface area contributed by atoms with Gasteiger partial charge in [0.2, 0.25) is 5.91 Å². The molecule has 0 saturated heterocycles. The number of hydrogen-bond donors (Lipinski definition) is 2. The number of carbonyl (C=O) groups excluding carboxylic acids is 1. The van der Waals surface area contributed by atoms with Crippen molar-refractivity contribution in [3.05, 3.63) is 70.9 Å². The lowest BCUT2D eigenvalue weighted by molar-refractivity contribution is -0.137. The number of alkyl halides is 3. The second-order valence-corrected chi connectivity index (χ2v) is 7.52. The van der Waals surface area contributed by atoms with Gasteiger partial charge in [0.25, 0.3) is 0 Å². The Morgan fingerprint density at radius 3 is 2.60 bits per heavy atom. The molecule has 0 aliphatic carbocycles. The molecule has 3 rings (SSSR count). The molecule has 0 spiro atoms. The lowest BCUT2D eigenvalue weighted by Crippen LogP contribution is -2.26. The van der Waals surface area contributed by atoms with E-state index in [9.17, 15) is 18.0 Å². The summed E-state index contributed by atoms with van der Waals surface area (Å²) in [5, 5.41) is 3.83. The van der Waals surface area contributed by atoms with Crippen molar-refractivity contribution in [1.29, 1.82) is 0 Å². The molecule has 1 heterocycles. The van der Waals surface area contributed by atoms with Gasteiger partial charge in [0.05, 0.1) is 5.56 Å². The fourth-order valence-corrected chi connectivity index (χ4v) is 3.82. The number of aromatic nitrogens is 1. The topological polar surface area (TPSA) is 44.9 Å². The largest absolute Gasteiger partial charge is 0.416 e. The van der Waals surface area contributed by atoms with Crippen LogP contribution in [-0.4, -0.2) is 17.4 Å². The SMILES string of the molecule is CCCCNC(=O)CC(c1cccc(C(F)(F)F)c1)c1c[nH]c2c(CC)cccc12. The summed E-state index contributed by atoms with van der Waals surface area (Å²) in [4.78, 5) is 15.9. The van der Waals surface area contributed by atoms with E-state index in [-0.39, 0.29) is 12.3 Å². The average Bonchev–Trinajstić information content (AvgIpc) is 3.15. The van der Waals surface area contributed by atoms with Crippen LogP contribution in [0.1, 0.15) is 61.3 Å². The van der Waals surface area contributed by atoms with Gasteiger partial charge in [0.15, 0.2) is 0 Å². The lowest BCUT2D eigenvalue weighted by Gasteiger charge is -2.19. The first kappa shape index (κ1) is 21.9. The molecule has 0 saturated carbocycles. The number of fused-ring (bicyclic) bond motifs is 1. The summed E-state index contributed by atoms with van der Waals surface area (Å²) in [5.74, 6) is -0.637. The zero-order valence-corrected chi connectivity index (χ0v) is 17.3. The Labute approximate surface area is 174 Å². The van der Waals surface area contributed by atoms with Crippen molar-refractivity contribution in [2.24, 2.45) is 0 Å². The third-order valence-corrected chi connectivity index (χ3v) is 5.45. The second-order valence-electron chi connectivity index (χ2n) is 7.52. The van der Waals surface area contributed by atoms with Crippen molar-refractivity contribution in [3.63, 3.8) is 0 Å². The lowest BCUT2D eigenvalue weighted by atomic mass is 9.86. The smallest absolute Gasteiger partial charge is 0.361 e. The van der Waals surface area contributed by atoms with Gasteiger partial charge in [-0.25, -0.2) is 0 Å². The molecular weight excluding hydrogens is 389 g/mol. The van der Waals surface area contributed by atoms with E-state index in [0.29, 0.717) is 12.1 Å². The minimum absolute atomic E-state index is 0.0916. The van der Waals surface area contributed by atoms with E-state index in [4.69, 9.17) is 0 Å². The number of carbonyl (C=O) groups is 1. The zero-order valence-electron chi connectivity index (χ0n) is 17.3. The van der Waals surface area contributed by atoms with Crippen LogP contribution in [0.2, 0.25) is 0 Å². The number of aromatic amines is 1. The first-order valence-corrected chi connectivity index (χ1v) is 10.4. The van der Waals surface area contributed by atoms with E-state index in [1.165, 1.54) is 6.07 Å². The van der Waals surface area contributed by atoms with Gasteiger partial charge in [-0.2, -0.15) is 13.2 Å². The first-order valence-electron chi connectivity index (χ1n) is 10.4. The van der Waals surface area contributed by atoms with Gasteiger partial charge in [0.1, 0.15) is 0 Å². The molecular formula is C24H27F3N2O. The van der Waals surface area contributed by atoms with Gasteiger partial charge in [-0.05, 0) is 35.6 Å². The van der Waals surface area contributed by atoms with Gasteiger partial charge in [-0.3, -0.25) is 4.79 Å². The molecule has 0 fully saturated rings. The number of aryl methyl sites for hydroxylation is 1. The fourth-order valence-electron chi connectivity index (χ4n) is 3.82. The maximum absolute atomic E-state index is 13.3. The number of hydrogen-bond acceptors (Lipinski definition) is 1. The van der Waals surface area contributed by atoms with Crippen molar-refractivity contribution in [2.45, 2.75) is 51.6 Å². The normalized spacial score (nSPS) is 12.8. The van der Waals surface area contributed by atoms with Gasteiger partial charge in [0, 0.05) is 36.0 Å². The highest BCUT2D eigenvalue weighted by atomic mass is 19.4. The number of amides is 1. The van der Waals surface area contributed by atoms with Gasteiger partial charge < -0.3 is 10.3 Å². The Balaban J connectivity index is 2.04. The quantitative estimate of drug-likeness (QED) is 0.423. The maximum atomic E-state index is 13.3. The van der Waals surface area contributed by atoms with Crippen LogP contribution in [0.3, 0.4) is 0 Å². The van der Waals surface area contributed by atoms with Crippen LogP contribution in [0, 0.1) is 0 Å². The standard InChI is InChI=1S/C24H27F3N2O/c1-3-5-12-28-22(30)14-20(17-9-6-10-18(13-17)24(25,26)27)21-15-29-23-16(4-2)8-7-11-19(21)23/h6-11,13,15,20,29H,3-5,12,14H2,1-2H3,(H,28,30). The number of unbranched alkanes of at least 4 members (excludes halogenated alkanes) is 1. The molecule has 0 radical (unpaired) electrons. The van der Waals surface area contributed by atoms with E-state index in [1.807, 2.05) is 31.3 Å². The Morgan fingerprint density at radius 1 is 1.13 bits per heavy atom. The van der Waals surface area contributed by atoms with Crippen molar-refractivity contribution >= 4 is 16.8 Å². The molecule has 2 N–H and O–H groups in total. The van der Waals surface area contributed by atoms with Crippen LogP contribution >= 0.6 is 0 Å². The van der Waals surface area contributed by atoms with Crippen molar-refractivity contribution in [3.8, 4) is 0 Å².